The number of fused-ring (bicyclic) bond motifs is 1. The summed E-state index contributed by atoms with van der Waals surface area (Å²) in [7, 11) is 1.66. The lowest BCUT2D eigenvalue weighted by Gasteiger charge is -2.41. The third-order valence-corrected chi connectivity index (χ3v) is 8.15. The molecule has 9 heteroatoms. The lowest BCUT2D eigenvalue weighted by Crippen LogP contribution is -2.52. The summed E-state index contributed by atoms with van der Waals surface area (Å²) in [6, 6.07) is 8.54. The third kappa shape index (κ3) is 5.83. The second kappa shape index (κ2) is 11.6. The largest absolute Gasteiger partial charge is 0.495 e. The summed E-state index contributed by atoms with van der Waals surface area (Å²) in [6.45, 7) is 2.29. The second-order valence-electron chi connectivity index (χ2n) is 10.4. The Kier molecular flexibility index (Phi) is 7.97. The number of halogens is 2. The zero-order chi connectivity index (χ0) is 27.5. The number of nitrogens with zero attached hydrogens (tertiary/aromatic N) is 2. The Morgan fingerprint density at radius 2 is 1.74 bits per heavy atom. The molecule has 2 saturated heterocycles. The Labute approximate surface area is 226 Å². The van der Waals surface area contributed by atoms with Gasteiger partial charge in [0.1, 0.15) is 23.4 Å². The number of H-pyrrole nitrogens is 1. The van der Waals surface area contributed by atoms with Crippen LogP contribution in [0.2, 0.25) is 0 Å². The van der Waals surface area contributed by atoms with E-state index in [2.05, 4.69) is 16.0 Å². The lowest BCUT2D eigenvalue weighted by molar-refractivity contribution is -0.147. The molecule has 2 aliphatic rings. The van der Waals surface area contributed by atoms with E-state index >= 15 is 0 Å². The van der Waals surface area contributed by atoms with Crippen LogP contribution in [0.1, 0.15) is 42.7 Å². The second-order valence-corrected chi connectivity index (χ2v) is 10.4. The number of hydrogen-bond donors (Lipinski definition) is 2. The monoisotopic (exact) mass is 537 g/mol. The Hall–Kier alpha value is -3.72. The number of aromatic amines is 1. The maximum absolute atomic E-state index is 13.4. The average Bonchev–Trinajstić information content (AvgIpc) is 3.36. The molecule has 2 N–H and O–H groups in total. The number of aromatic nitrogens is 1. The molecule has 0 radical (unpaired) electrons. The van der Waals surface area contributed by atoms with E-state index in [-0.39, 0.29) is 17.4 Å². The fourth-order valence-electron chi connectivity index (χ4n) is 6.18. The summed E-state index contributed by atoms with van der Waals surface area (Å²) in [5.74, 6) is -1.37. The van der Waals surface area contributed by atoms with Crippen LogP contribution in [-0.4, -0.2) is 71.1 Å². The average molecular weight is 538 g/mol. The zero-order valence-electron chi connectivity index (χ0n) is 21.9. The Morgan fingerprint density at radius 3 is 2.38 bits per heavy atom. The lowest BCUT2D eigenvalue weighted by atomic mass is 9.84. The van der Waals surface area contributed by atoms with Gasteiger partial charge in [-0.1, -0.05) is 12.1 Å². The number of nitrogens with one attached hydrogen (secondary N) is 1. The fraction of sp³-hybridized carbons (Fsp3) is 0.400. The van der Waals surface area contributed by atoms with Gasteiger partial charge in [0.25, 0.3) is 0 Å². The van der Waals surface area contributed by atoms with Gasteiger partial charge in [-0.05, 0) is 86.0 Å². The molecule has 0 bridgehead atoms. The molecule has 2 aromatic carbocycles. The van der Waals surface area contributed by atoms with Crippen molar-refractivity contribution >= 4 is 28.9 Å². The predicted molar refractivity (Wildman–Crippen MR) is 145 cm³/mol. The van der Waals surface area contributed by atoms with Crippen molar-refractivity contribution in [2.45, 2.75) is 37.6 Å². The molecule has 2 aliphatic heterocycles. The molecule has 0 spiro atoms. The van der Waals surface area contributed by atoms with Crippen LogP contribution < -0.4 is 4.74 Å². The normalized spacial score (nSPS) is 18.6. The van der Waals surface area contributed by atoms with Crippen molar-refractivity contribution in [2.24, 2.45) is 5.92 Å². The van der Waals surface area contributed by atoms with E-state index in [9.17, 15) is 23.5 Å². The topological polar surface area (TPSA) is 85.9 Å². The first-order valence-electron chi connectivity index (χ1n) is 13.4. The number of methoxy groups -OCH3 is 1. The van der Waals surface area contributed by atoms with E-state index in [1.54, 1.807) is 12.0 Å². The maximum Gasteiger partial charge on any atom is 0.321 e. The number of para-hydroxylation sites is 1. The van der Waals surface area contributed by atoms with E-state index in [0.717, 1.165) is 47.7 Å². The quantitative estimate of drug-likeness (QED) is 0.413. The molecule has 1 atom stereocenters. The Morgan fingerprint density at radius 1 is 1.05 bits per heavy atom. The number of carbonyl (C=O) groups excluding carboxylic acids is 1. The van der Waals surface area contributed by atoms with Crippen LogP contribution >= 0.6 is 0 Å². The van der Waals surface area contributed by atoms with Crippen LogP contribution in [-0.2, 0) is 9.59 Å². The van der Waals surface area contributed by atoms with Crippen molar-refractivity contribution in [1.29, 1.82) is 0 Å². The molecule has 1 amide bonds. The number of rotatable bonds is 7. The molecule has 1 unspecified atom stereocenters. The van der Waals surface area contributed by atoms with Crippen LogP contribution in [0.25, 0.3) is 17.0 Å². The number of carboxylic acids is 1. The first-order valence-corrected chi connectivity index (χ1v) is 13.4. The number of aliphatic carboxylic acids is 1. The predicted octanol–water partition coefficient (Wildman–Crippen LogP) is 5.04. The first kappa shape index (κ1) is 26.9. The van der Waals surface area contributed by atoms with Crippen LogP contribution in [0.5, 0.6) is 5.75 Å². The van der Waals surface area contributed by atoms with E-state index < -0.39 is 23.6 Å². The van der Waals surface area contributed by atoms with E-state index in [1.165, 1.54) is 17.7 Å². The molecular weight excluding hydrogens is 504 g/mol. The number of benzene rings is 2. The first-order chi connectivity index (χ1) is 18.8. The number of carboxylic acid groups (broad SMARTS) is 1. The number of piperidine rings is 2. The molecule has 2 fully saturated rings. The highest BCUT2D eigenvalue weighted by Crippen LogP contribution is 2.37. The van der Waals surface area contributed by atoms with Crippen molar-refractivity contribution in [3.05, 3.63) is 71.4 Å². The van der Waals surface area contributed by atoms with Crippen LogP contribution in [0, 0.1) is 17.6 Å². The van der Waals surface area contributed by atoms with Gasteiger partial charge in [0.15, 0.2) is 0 Å². The van der Waals surface area contributed by atoms with Gasteiger partial charge in [-0.2, -0.15) is 0 Å². The maximum atomic E-state index is 13.4. The molecule has 206 valence electrons. The number of hydrogen-bond acceptors (Lipinski definition) is 4. The van der Waals surface area contributed by atoms with E-state index in [4.69, 9.17) is 4.74 Å². The van der Waals surface area contributed by atoms with Crippen LogP contribution in [0.3, 0.4) is 0 Å². The molecular formula is C30H33F2N3O4. The fourth-order valence-corrected chi connectivity index (χ4v) is 6.18. The molecule has 0 aliphatic carbocycles. The van der Waals surface area contributed by atoms with E-state index in [1.807, 2.05) is 18.3 Å². The van der Waals surface area contributed by atoms with Crippen LogP contribution in [0.4, 0.5) is 8.78 Å². The third-order valence-electron chi connectivity index (χ3n) is 8.15. The minimum absolute atomic E-state index is 0.0539. The molecule has 3 heterocycles. The standard InChI is InChI=1S/C30H33F2N3O4/c1-39-26-4-2-3-24-25(18-33-28(24)26)20-7-13-35(14-8-20)29(30(37)38)21-9-11-34(12-10-21)27(36)6-5-19-15-22(31)17-23(32)16-19/h2-6,15-18,20-21,29,33H,7-14H2,1H3,(H,37,38). The van der Waals surface area contributed by atoms with Gasteiger partial charge < -0.3 is 19.7 Å². The van der Waals surface area contributed by atoms with Crippen molar-refractivity contribution in [1.82, 2.24) is 14.8 Å². The summed E-state index contributed by atoms with van der Waals surface area (Å²) in [6.07, 6.45) is 7.69. The summed E-state index contributed by atoms with van der Waals surface area (Å²) in [5.41, 5.74) is 2.51. The Bertz CT molecular complexity index is 1350. The van der Waals surface area contributed by atoms with Gasteiger partial charge >= 0.3 is 5.97 Å². The van der Waals surface area contributed by atoms with Crippen molar-refractivity contribution in [3.8, 4) is 5.75 Å². The van der Waals surface area contributed by atoms with Gasteiger partial charge in [-0.15, -0.1) is 0 Å². The van der Waals surface area contributed by atoms with Gasteiger partial charge in [0, 0.05) is 36.8 Å². The zero-order valence-corrected chi connectivity index (χ0v) is 21.9. The summed E-state index contributed by atoms with van der Waals surface area (Å²) in [4.78, 5) is 32.1. The molecule has 1 aromatic heterocycles. The smallest absolute Gasteiger partial charge is 0.321 e. The molecule has 7 nitrogen and oxygen atoms in total. The molecule has 0 saturated carbocycles. The summed E-state index contributed by atoms with van der Waals surface area (Å²) in [5, 5.41) is 11.3. The minimum atomic E-state index is -0.817. The SMILES string of the molecule is COc1cccc2c(C3CCN(C(C(=O)O)C4CCN(C(=O)C=Cc5cc(F)cc(F)c5)CC4)CC3)c[nH]c12. The highest BCUT2D eigenvalue weighted by Gasteiger charge is 2.38. The molecule has 5 rings (SSSR count). The molecule has 3 aromatic rings. The number of ether oxygens (including phenoxy) is 1. The highest BCUT2D eigenvalue weighted by atomic mass is 19.1. The van der Waals surface area contributed by atoms with Gasteiger partial charge in [0.05, 0.1) is 12.6 Å². The summed E-state index contributed by atoms with van der Waals surface area (Å²) >= 11 is 0. The number of carbonyl (C=O) groups is 2. The molecule has 39 heavy (non-hydrogen) atoms. The summed E-state index contributed by atoms with van der Waals surface area (Å²) < 4.78 is 32.3. The van der Waals surface area contributed by atoms with Crippen LogP contribution in [0.15, 0.2) is 48.7 Å². The van der Waals surface area contributed by atoms with Crippen molar-refractivity contribution < 1.29 is 28.2 Å². The minimum Gasteiger partial charge on any atom is -0.495 e. The van der Waals surface area contributed by atoms with Crippen molar-refractivity contribution in [2.75, 3.05) is 33.3 Å². The van der Waals surface area contributed by atoms with Gasteiger partial charge in [-0.25, -0.2) is 8.78 Å². The number of amides is 1. The number of likely N-dealkylation sites (tertiary alicyclic amines) is 2. The van der Waals surface area contributed by atoms with Gasteiger partial charge in [0.2, 0.25) is 5.91 Å². The van der Waals surface area contributed by atoms with Gasteiger partial charge in [-0.3, -0.25) is 14.5 Å². The van der Waals surface area contributed by atoms with Crippen molar-refractivity contribution in [3.63, 3.8) is 0 Å². The van der Waals surface area contributed by atoms with E-state index in [0.29, 0.717) is 44.9 Å². The highest BCUT2D eigenvalue weighted by molar-refractivity contribution is 5.92. The Balaban J connectivity index is 1.18.